The maximum absolute atomic E-state index is 2.79. The van der Waals surface area contributed by atoms with E-state index in [4.69, 9.17) is 0 Å². The standard InChI is InChI=1S/BSe3/c2-1(3)4/q-3. The molecule has 0 bridgehead atoms. The Morgan fingerprint density at radius 1 is 1.00 bits per heavy atom. The molecule has 0 heterocycles. The third-order valence-corrected chi connectivity index (χ3v) is 0. The van der Waals surface area contributed by atoms with Crippen LogP contribution in [0.25, 0.3) is 0 Å². The van der Waals surface area contributed by atoms with Crippen molar-refractivity contribution in [2.45, 2.75) is 0 Å². The van der Waals surface area contributed by atoms with Crippen LogP contribution in [-0.2, 0) is 0 Å². The quantitative estimate of drug-likeness (QED) is 0.456. The van der Waals surface area contributed by atoms with Crippen LogP contribution >= 0.6 is 0 Å². The summed E-state index contributed by atoms with van der Waals surface area (Å²) >= 11 is 8.38. The molecule has 0 nitrogen and oxygen atoms in total. The van der Waals surface area contributed by atoms with Crippen LogP contribution in [0.4, 0.5) is 0 Å². The predicted molar refractivity (Wildman–Crippen MR) is 23.0 cm³/mol. The monoisotopic (exact) mass is 251 g/mol. The van der Waals surface area contributed by atoms with Gasteiger partial charge in [-0.2, -0.15) is 0 Å². The third-order valence-electron chi connectivity index (χ3n) is 0. The van der Waals surface area contributed by atoms with Crippen molar-refractivity contribution in [2.75, 3.05) is 0 Å². The average molecular weight is 248 g/mol. The van der Waals surface area contributed by atoms with Crippen molar-refractivity contribution in [3.05, 3.63) is 0 Å². The Morgan fingerprint density at radius 3 is 1.00 bits per heavy atom. The molecular formula is BSe3-3. The summed E-state index contributed by atoms with van der Waals surface area (Å²) in [5.74, 6) is 0. The van der Waals surface area contributed by atoms with Crippen LogP contribution < -0.4 is 0 Å². The first kappa shape index (κ1) is 5.62. The minimum absolute atomic E-state index is 0.458. The van der Waals surface area contributed by atoms with Crippen LogP contribution in [0.5, 0.6) is 0 Å². The molecular weight excluding hydrogens is 248 g/mol. The van der Waals surface area contributed by atoms with E-state index >= 15 is 0 Å². The van der Waals surface area contributed by atoms with Gasteiger partial charge in [-0.25, -0.2) is 0 Å². The van der Waals surface area contributed by atoms with Gasteiger partial charge in [0, 0.05) is 0 Å². The Bertz CT molecular complexity index is 8.00. The van der Waals surface area contributed by atoms with E-state index in [0.717, 1.165) is 0 Å². The molecule has 0 N–H and O–H groups in total. The fourth-order valence-corrected chi connectivity index (χ4v) is 0. The van der Waals surface area contributed by atoms with Crippen LogP contribution in [-0.4, -0.2) is 50.7 Å². The summed E-state index contributed by atoms with van der Waals surface area (Å²) in [6.07, 6.45) is 0. The summed E-state index contributed by atoms with van der Waals surface area (Å²) in [4.78, 5) is 0. The van der Waals surface area contributed by atoms with Crippen LogP contribution in [0.2, 0.25) is 0 Å². The molecule has 0 amide bonds. The van der Waals surface area contributed by atoms with Crippen LogP contribution in [0.15, 0.2) is 0 Å². The van der Waals surface area contributed by atoms with E-state index in [0.29, 0.717) is 3.15 Å². The summed E-state index contributed by atoms with van der Waals surface area (Å²) in [5.41, 5.74) is 0. The molecule has 0 saturated carbocycles. The minimum atomic E-state index is 0.458. The maximum atomic E-state index is 2.79. The topological polar surface area (TPSA) is 0 Å². The fourth-order valence-electron chi connectivity index (χ4n) is 0. The molecule has 24 valence electrons. The van der Waals surface area contributed by atoms with Gasteiger partial charge in [-0.05, 0) is 0 Å². The first-order chi connectivity index (χ1) is 1.73. The molecule has 0 spiro atoms. The molecule has 0 saturated heterocycles. The summed E-state index contributed by atoms with van der Waals surface area (Å²) in [5, 5.41) is 0. The van der Waals surface area contributed by atoms with E-state index in [-0.39, 0.29) is 0 Å². The van der Waals surface area contributed by atoms with Crippen molar-refractivity contribution in [1.29, 1.82) is 0 Å². The zero-order valence-corrected chi connectivity index (χ0v) is 6.94. The molecule has 4 heavy (non-hydrogen) atoms. The summed E-state index contributed by atoms with van der Waals surface area (Å²) in [7, 11) is 0. The summed E-state index contributed by atoms with van der Waals surface area (Å²) in [6, 6.07) is 0. The molecule has 0 aromatic carbocycles. The molecule has 0 aromatic rings. The predicted octanol–water partition coefficient (Wildman–Crippen LogP) is -1.52. The fraction of sp³-hybridized carbons (Fsp3) is 0. The number of hydrogen-bond acceptors (Lipinski definition) is 0. The zero-order chi connectivity index (χ0) is 3.58. The molecule has 0 rings (SSSR count). The molecule has 0 aliphatic rings. The average Bonchev–Trinajstić information content (AvgIpc) is 0.811. The van der Waals surface area contributed by atoms with Gasteiger partial charge in [-0.15, -0.1) is 0 Å². The van der Waals surface area contributed by atoms with Crippen LogP contribution in [0.3, 0.4) is 0 Å². The van der Waals surface area contributed by atoms with Crippen molar-refractivity contribution in [3.63, 3.8) is 0 Å². The Kier molecular flexibility index (Phi) is 3.99. The van der Waals surface area contributed by atoms with Gasteiger partial charge < -0.3 is 0 Å². The van der Waals surface area contributed by atoms with E-state index in [1.54, 1.807) is 0 Å². The molecule has 0 fully saturated rings. The van der Waals surface area contributed by atoms with Crippen molar-refractivity contribution in [1.82, 2.24) is 0 Å². The van der Waals surface area contributed by atoms with Crippen molar-refractivity contribution >= 4 is 50.7 Å². The Morgan fingerprint density at radius 2 is 1.00 bits per heavy atom. The van der Waals surface area contributed by atoms with E-state index in [1.807, 2.05) is 0 Å². The van der Waals surface area contributed by atoms with E-state index in [1.165, 1.54) is 0 Å². The summed E-state index contributed by atoms with van der Waals surface area (Å²) < 4.78 is 0.458. The first-order valence-corrected chi connectivity index (χ1v) is 3.67. The third kappa shape index (κ3) is 9.46. The number of hydrogen-bond donors (Lipinski definition) is 0. The van der Waals surface area contributed by atoms with Crippen LogP contribution in [0.1, 0.15) is 0 Å². The summed E-state index contributed by atoms with van der Waals surface area (Å²) in [6.45, 7) is 0. The van der Waals surface area contributed by atoms with Gasteiger partial charge in [0.25, 0.3) is 0 Å². The Labute approximate surface area is 50.5 Å². The normalized spacial score (nSPS) is 6.75. The van der Waals surface area contributed by atoms with Gasteiger partial charge in [0.2, 0.25) is 0 Å². The van der Waals surface area contributed by atoms with E-state index in [2.05, 4.69) is 47.5 Å². The molecule has 0 aliphatic heterocycles. The van der Waals surface area contributed by atoms with Crippen molar-refractivity contribution in [3.8, 4) is 0 Å². The number of rotatable bonds is 0. The molecule has 0 unspecified atom stereocenters. The molecule has 4 heteroatoms. The second-order valence-corrected chi connectivity index (χ2v) is 7.79. The van der Waals surface area contributed by atoms with Crippen molar-refractivity contribution in [2.24, 2.45) is 0 Å². The second-order valence-electron chi connectivity index (χ2n) is 0.289. The Balaban J connectivity index is 2.32. The molecule has 0 atom stereocenters. The molecule has 0 aliphatic carbocycles. The van der Waals surface area contributed by atoms with Gasteiger partial charge in [-0.1, -0.05) is 0 Å². The van der Waals surface area contributed by atoms with Gasteiger partial charge in [0.15, 0.2) is 0 Å². The van der Waals surface area contributed by atoms with E-state index < -0.39 is 0 Å². The molecule has 0 aromatic heterocycles. The van der Waals surface area contributed by atoms with Gasteiger partial charge in [0.1, 0.15) is 0 Å². The first-order valence-electron chi connectivity index (χ1n) is 0.707. The van der Waals surface area contributed by atoms with Gasteiger partial charge in [-0.3, -0.25) is 0 Å². The molecule has 0 radical (unpaired) electrons. The van der Waals surface area contributed by atoms with Gasteiger partial charge >= 0.3 is 50.7 Å². The SMILES string of the molecule is [Se-]B([Se-])[Se-]. The van der Waals surface area contributed by atoms with Crippen molar-refractivity contribution < 1.29 is 0 Å². The van der Waals surface area contributed by atoms with Crippen LogP contribution in [0, 0.1) is 0 Å². The van der Waals surface area contributed by atoms with E-state index in [9.17, 15) is 0 Å². The zero-order valence-electron chi connectivity index (χ0n) is 1.80. The Hall–Kier alpha value is 1.62. The van der Waals surface area contributed by atoms with Gasteiger partial charge in [0.05, 0.1) is 0 Å². The second kappa shape index (κ2) is 2.84.